The van der Waals surface area contributed by atoms with Gasteiger partial charge < -0.3 is 9.47 Å². The van der Waals surface area contributed by atoms with Crippen molar-refractivity contribution >= 4 is 23.5 Å². The first-order valence-electron chi connectivity index (χ1n) is 6.80. The van der Waals surface area contributed by atoms with Crippen molar-refractivity contribution in [3.05, 3.63) is 45.9 Å². The third-order valence-corrected chi connectivity index (χ3v) is 3.48. The topological polar surface area (TPSA) is 59.9 Å². The molecule has 1 amide bonds. The molecule has 2 aromatic rings. The number of hydrazone groups is 1. The summed E-state index contributed by atoms with van der Waals surface area (Å²) in [6, 6.07) is 6.58. The minimum Gasteiger partial charge on any atom is -0.490 e. The Balaban J connectivity index is 2.08. The van der Waals surface area contributed by atoms with Crippen LogP contribution in [0, 0.1) is 5.13 Å². The lowest BCUT2D eigenvalue weighted by atomic mass is 10.2. The van der Waals surface area contributed by atoms with Crippen LogP contribution in [0.25, 0.3) is 0 Å². The summed E-state index contributed by atoms with van der Waals surface area (Å²) >= 11 is 0.877. The fraction of sp³-hybridized carbons (Fsp3) is 0.200. The second kappa shape index (κ2) is 8.34. The zero-order valence-electron chi connectivity index (χ0n) is 12.5. The Hall–Kier alpha value is -2.55. The molecule has 0 unspecified atom stereocenters. The van der Waals surface area contributed by atoms with E-state index in [1.165, 1.54) is 36.5 Å². The Bertz CT molecular complexity index is 735. The molecule has 0 aliphatic heterocycles. The Morgan fingerprint density at radius 3 is 2.75 bits per heavy atom. The summed E-state index contributed by atoms with van der Waals surface area (Å²) in [5.74, 6) is -0.719. The highest BCUT2D eigenvalue weighted by Crippen LogP contribution is 2.29. The molecule has 2 rings (SSSR count). The molecule has 1 heterocycles. The van der Waals surface area contributed by atoms with Gasteiger partial charge in [0.2, 0.25) is 0 Å². The van der Waals surface area contributed by atoms with Crippen LogP contribution in [0.1, 0.15) is 22.2 Å². The van der Waals surface area contributed by atoms with Crippen LogP contribution < -0.4 is 14.9 Å². The van der Waals surface area contributed by atoms with Crippen molar-refractivity contribution in [2.45, 2.75) is 13.5 Å². The van der Waals surface area contributed by atoms with E-state index in [0.29, 0.717) is 4.88 Å². The van der Waals surface area contributed by atoms with Crippen LogP contribution in [0.5, 0.6) is 11.5 Å². The summed E-state index contributed by atoms with van der Waals surface area (Å²) in [5, 5.41) is 3.34. The van der Waals surface area contributed by atoms with E-state index in [1.54, 1.807) is 6.92 Å². The standard InChI is InChI=1S/C15H13F3N2O3S/c1-2-22-12-7-9(3-5-11(12)23-15(17)18)14(21)20-19-8-10-4-6-13(16)24-10/h3-8,15H,2H2,1H3,(H,20,21)/b19-8-. The van der Waals surface area contributed by atoms with Crippen LogP contribution in [0.15, 0.2) is 35.4 Å². The monoisotopic (exact) mass is 358 g/mol. The number of ether oxygens (including phenoxy) is 2. The molecule has 0 radical (unpaired) electrons. The molecule has 0 saturated heterocycles. The second-order valence-corrected chi connectivity index (χ2v) is 5.38. The predicted molar refractivity (Wildman–Crippen MR) is 83.6 cm³/mol. The SMILES string of the molecule is CCOc1cc(C(=O)N/N=C\c2ccc(F)s2)ccc1OC(F)F. The molecule has 0 bridgehead atoms. The predicted octanol–water partition coefficient (Wildman–Crippen LogP) is 3.65. The van der Waals surface area contributed by atoms with Crippen LogP contribution in [0.3, 0.4) is 0 Å². The molecular weight excluding hydrogens is 345 g/mol. The summed E-state index contributed by atoms with van der Waals surface area (Å²) in [7, 11) is 0. The van der Waals surface area contributed by atoms with Crippen LogP contribution in [-0.2, 0) is 0 Å². The summed E-state index contributed by atoms with van der Waals surface area (Å²) in [6.45, 7) is -1.12. The van der Waals surface area contributed by atoms with Gasteiger partial charge in [0.15, 0.2) is 16.6 Å². The fourth-order valence-corrected chi connectivity index (χ4v) is 2.33. The highest BCUT2D eigenvalue weighted by Gasteiger charge is 2.14. The number of hydrogen-bond donors (Lipinski definition) is 1. The van der Waals surface area contributed by atoms with Gasteiger partial charge in [0.25, 0.3) is 5.91 Å². The summed E-state index contributed by atoms with van der Waals surface area (Å²) < 4.78 is 47.0. The number of carbonyl (C=O) groups is 1. The minimum absolute atomic E-state index is 0.0229. The van der Waals surface area contributed by atoms with Gasteiger partial charge in [-0.15, -0.1) is 11.3 Å². The largest absolute Gasteiger partial charge is 0.490 e. The van der Waals surface area contributed by atoms with E-state index in [2.05, 4.69) is 15.3 Å². The molecule has 0 aliphatic rings. The van der Waals surface area contributed by atoms with Crippen LogP contribution in [-0.4, -0.2) is 25.3 Å². The van der Waals surface area contributed by atoms with E-state index >= 15 is 0 Å². The number of thiophene rings is 1. The van der Waals surface area contributed by atoms with E-state index in [-0.39, 0.29) is 28.8 Å². The third kappa shape index (κ3) is 4.98. The van der Waals surface area contributed by atoms with Gasteiger partial charge in [-0.3, -0.25) is 4.79 Å². The van der Waals surface area contributed by atoms with Gasteiger partial charge in [-0.2, -0.15) is 18.3 Å². The number of alkyl halides is 2. The van der Waals surface area contributed by atoms with Crippen LogP contribution in [0.4, 0.5) is 13.2 Å². The van der Waals surface area contributed by atoms with Crippen molar-refractivity contribution in [3.8, 4) is 11.5 Å². The maximum absolute atomic E-state index is 12.8. The number of rotatable bonds is 7. The number of carbonyl (C=O) groups excluding carboxylic acids is 1. The number of nitrogens with one attached hydrogen (secondary N) is 1. The Morgan fingerprint density at radius 1 is 1.33 bits per heavy atom. The van der Waals surface area contributed by atoms with E-state index < -0.39 is 12.5 Å². The van der Waals surface area contributed by atoms with Gasteiger partial charge in [0, 0.05) is 5.56 Å². The molecule has 1 aromatic carbocycles. The van der Waals surface area contributed by atoms with Gasteiger partial charge in [-0.05, 0) is 37.3 Å². The zero-order chi connectivity index (χ0) is 17.5. The van der Waals surface area contributed by atoms with Gasteiger partial charge in [-0.1, -0.05) is 0 Å². The first kappa shape index (κ1) is 17.8. The molecule has 0 atom stereocenters. The maximum atomic E-state index is 12.8. The molecule has 0 fully saturated rings. The number of benzene rings is 1. The smallest absolute Gasteiger partial charge is 0.387 e. The van der Waals surface area contributed by atoms with E-state index in [9.17, 15) is 18.0 Å². The lowest BCUT2D eigenvalue weighted by Gasteiger charge is -2.12. The third-order valence-electron chi connectivity index (χ3n) is 2.67. The highest BCUT2D eigenvalue weighted by molar-refractivity contribution is 7.12. The van der Waals surface area contributed by atoms with E-state index in [1.807, 2.05) is 0 Å². The second-order valence-electron chi connectivity index (χ2n) is 4.31. The van der Waals surface area contributed by atoms with Gasteiger partial charge in [0.05, 0.1) is 17.7 Å². The first-order valence-corrected chi connectivity index (χ1v) is 7.61. The maximum Gasteiger partial charge on any atom is 0.387 e. The number of hydrogen-bond acceptors (Lipinski definition) is 5. The average Bonchev–Trinajstić information content (AvgIpc) is 2.94. The van der Waals surface area contributed by atoms with E-state index in [4.69, 9.17) is 4.74 Å². The molecule has 128 valence electrons. The van der Waals surface area contributed by atoms with Gasteiger partial charge in [-0.25, -0.2) is 5.43 Å². The van der Waals surface area contributed by atoms with Crippen molar-refractivity contribution < 1.29 is 27.4 Å². The molecule has 0 aliphatic carbocycles. The quantitative estimate of drug-likeness (QED) is 0.607. The molecule has 0 spiro atoms. The summed E-state index contributed by atoms with van der Waals surface area (Å²) in [5.41, 5.74) is 2.40. The first-order chi connectivity index (χ1) is 11.5. The molecular formula is C15H13F3N2O3S. The summed E-state index contributed by atoms with van der Waals surface area (Å²) in [6.07, 6.45) is 1.30. The van der Waals surface area contributed by atoms with E-state index in [0.717, 1.165) is 11.3 Å². The van der Waals surface area contributed by atoms with Crippen LogP contribution >= 0.6 is 11.3 Å². The fourth-order valence-electron chi connectivity index (χ4n) is 1.73. The van der Waals surface area contributed by atoms with Gasteiger partial charge in [0.1, 0.15) is 0 Å². The molecule has 1 N–H and O–H groups in total. The molecule has 9 heteroatoms. The molecule has 5 nitrogen and oxygen atoms in total. The minimum atomic E-state index is -3.00. The summed E-state index contributed by atoms with van der Waals surface area (Å²) in [4.78, 5) is 12.5. The van der Waals surface area contributed by atoms with Crippen LogP contribution in [0.2, 0.25) is 0 Å². The highest BCUT2D eigenvalue weighted by atomic mass is 32.1. The Morgan fingerprint density at radius 2 is 2.12 bits per heavy atom. The van der Waals surface area contributed by atoms with Crippen molar-refractivity contribution in [2.75, 3.05) is 6.61 Å². The molecule has 24 heavy (non-hydrogen) atoms. The van der Waals surface area contributed by atoms with Crippen molar-refractivity contribution in [3.63, 3.8) is 0 Å². The number of halogens is 3. The zero-order valence-corrected chi connectivity index (χ0v) is 13.3. The van der Waals surface area contributed by atoms with Crippen molar-refractivity contribution in [2.24, 2.45) is 5.10 Å². The average molecular weight is 358 g/mol. The lowest BCUT2D eigenvalue weighted by Crippen LogP contribution is -2.17. The van der Waals surface area contributed by atoms with Crippen molar-refractivity contribution in [1.29, 1.82) is 0 Å². The van der Waals surface area contributed by atoms with Crippen molar-refractivity contribution in [1.82, 2.24) is 5.43 Å². The molecule has 0 saturated carbocycles. The molecule has 1 aromatic heterocycles. The number of amides is 1. The Kier molecular flexibility index (Phi) is 6.19. The number of nitrogens with zero attached hydrogens (tertiary/aromatic N) is 1. The van der Waals surface area contributed by atoms with Gasteiger partial charge >= 0.3 is 6.61 Å². The lowest BCUT2D eigenvalue weighted by molar-refractivity contribution is -0.0514. The Labute approximate surface area is 139 Å². The normalized spacial score (nSPS) is 11.0.